The maximum Gasteiger partial charge on any atom is 0.161 e. The van der Waals surface area contributed by atoms with E-state index >= 15 is 0 Å². The van der Waals surface area contributed by atoms with Crippen molar-refractivity contribution in [1.29, 1.82) is 5.26 Å². The van der Waals surface area contributed by atoms with Gasteiger partial charge in [-0.25, -0.2) is 0 Å². The molecule has 1 aromatic heterocycles. The van der Waals surface area contributed by atoms with E-state index in [2.05, 4.69) is 73.9 Å². The first-order valence-electron chi connectivity index (χ1n) is 19.5. The van der Waals surface area contributed by atoms with E-state index in [1.807, 2.05) is 60.8 Å². The lowest BCUT2D eigenvalue weighted by molar-refractivity contribution is 0.292. The highest BCUT2D eigenvalue weighted by molar-refractivity contribution is 6.31. The fourth-order valence-electron chi connectivity index (χ4n) is 6.97. The van der Waals surface area contributed by atoms with Gasteiger partial charge in [-0.05, 0) is 138 Å². The van der Waals surface area contributed by atoms with Crippen LogP contribution >= 0.6 is 11.6 Å². The summed E-state index contributed by atoms with van der Waals surface area (Å²) in [6.45, 7) is 16.2. The predicted molar refractivity (Wildman–Crippen MR) is 229 cm³/mol. The van der Waals surface area contributed by atoms with Crippen LogP contribution in [0.5, 0.6) is 23.0 Å². The van der Waals surface area contributed by atoms with E-state index in [4.69, 9.17) is 30.5 Å². The number of pyridine rings is 1. The molecular weight excluding hydrogens is 710 g/mol. The van der Waals surface area contributed by atoms with Crippen molar-refractivity contribution in [3.05, 3.63) is 83.0 Å². The molecule has 0 bridgehead atoms. The highest BCUT2D eigenvalue weighted by atomic mass is 35.5. The summed E-state index contributed by atoms with van der Waals surface area (Å²) in [7, 11) is 8.67. The van der Waals surface area contributed by atoms with Crippen molar-refractivity contribution in [2.24, 2.45) is 5.92 Å². The number of nitrogens with one attached hydrogen (secondary N) is 1. The molecule has 0 amide bonds. The number of nitriles is 1. The average molecular weight is 774 g/mol. The third-order valence-electron chi connectivity index (χ3n) is 10.5. The fourth-order valence-corrected chi connectivity index (χ4v) is 7.14. The molecule has 3 aromatic carbocycles. The second kappa shape index (κ2) is 23.0. The van der Waals surface area contributed by atoms with Gasteiger partial charge in [0.2, 0.25) is 0 Å². The molecule has 0 radical (unpaired) electrons. The quantitative estimate of drug-likeness (QED) is 0.0889. The topological polar surface area (TPSA) is 92.1 Å². The Morgan fingerprint density at radius 3 is 2.07 bits per heavy atom. The van der Waals surface area contributed by atoms with E-state index in [1.165, 1.54) is 18.5 Å². The van der Waals surface area contributed by atoms with E-state index in [0.29, 0.717) is 17.5 Å². The highest BCUT2D eigenvalue weighted by Gasteiger charge is 2.36. The zero-order valence-electron chi connectivity index (χ0n) is 34.9. The molecule has 0 fully saturated rings. The molecule has 0 aliphatic carbocycles. The third-order valence-corrected chi connectivity index (χ3v) is 10.8. The molecule has 4 aromatic rings. The Labute approximate surface area is 335 Å². The highest BCUT2D eigenvalue weighted by Crippen LogP contribution is 2.40. The summed E-state index contributed by atoms with van der Waals surface area (Å²) in [5.41, 5.74) is 3.68. The van der Waals surface area contributed by atoms with Crippen LogP contribution in [-0.4, -0.2) is 89.0 Å². The van der Waals surface area contributed by atoms with E-state index in [0.717, 1.165) is 90.5 Å². The number of nitrogens with zero attached hydrogens (tertiary/aromatic N) is 4. The standard InChI is InChI=1S/C27H38N2O4.C18H26ClN3/c1-20(2)27(19-28,22-10-12-24(31-5)26(18-22)33-7)14-8-15-29(3)16-13-21-9-11-23(30-4)25(17-21)32-6;1-4-22(5-2)12-6-7-14(3)21-17-10-11-20-18-13-15(19)8-9-16(17)18/h9-12,17-18,20H,8,13-16H2,1-7H3;8-11,13-14H,4-7,12H2,1-3H3,(H,20,21). The van der Waals surface area contributed by atoms with Crippen molar-refractivity contribution in [3.8, 4) is 29.1 Å². The van der Waals surface area contributed by atoms with Crippen molar-refractivity contribution in [3.63, 3.8) is 0 Å². The summed E-state index contributed by atoms with van der Waals surface area (Å²) in [6, 6.07) is 22.9. The molecule has 10 heteroatoms. The molecule has 0 spiro atoms. The van der Waals surface area contributed by atoms with E-state index in [9.17, 15) is 5.26 Å². The number of ether oxygens (including phenoxy) is 4. The number of rotatable bonds is 21. The molecule has 2 atom stereocenters. The van der Waals surface area contributed by atoms with Crippen LogP contribution < -0.4 is 24.3 Å². The van der Waals surface area contributed by atoms with Gasteiger partial charge < -0.3 is 34.1 Å². The predicted octanol–water partition coefficient (Wildman–Crippen LogP) is 9.90. The Kier molecular flexibility index (Phi) is 18.9. The molecule has 300 valence electrons. The molecule has 0 aliphatic heterocycles. The van der Waals surface area contributed by atoms with Gasteiger partial charge in [0.1, 0.15) is 0 Å². The van der Waals surface area contributed by atoms with Crippen molar-refractivity contribution in [2.75, 3.05) is 73.5 Å². The zero-order valence-corrected chi connectivity index (χ0v) is 35.6. The first-order valence-corrected chi connectivity index (χ1v) is 19.9. The Bertz CT molecular complexity index is 1790. The number of fused-ring (bicyclic) bond motifs is 1. The van der Waals surface area contributed by atoms with Crippen LogP contribution in [0.4, 0.5) is 5.69 Å². The number of likely N-dealkylation sites (N-methyl/N-ethyl adjacent to an activating group) is 1. The monoisotopic (exact) mass is 773 g/mol. The minimum absolute atomic E-state index is 0.165. The number of hydrogen-bond donors (Lipinski definition) is 1. The Morgan fingerprint density at radius 1 is 0.800 bits per heavy atom. The van der Waals surface area contributed by atoms with Crippen LogP contribution in [0, 0.1) is 17.2 Å². The first-order chi connectivity index (χ1) is 26.5. The summed E-state index contributed by atoms with van der Waals surface area (Å²) in [5, 5.41) is 15.7. The number of aromatic nitrogens is 1. The van der Waals surface area contributed by atoms with Gasteiger partial charge in [-0.15, -0.1) is 0 Å². The Morgan fingerprint density at radius 2 is 1.45 bits per heavy atom. The number of anilines is 1. The van der Waals surface area contributed by atoms with Crippen LogP contribution in [0.3, 0.4) is 0 Å². The minimum Gasteiger partial charge on any atom is -0.493 e. The van der Waals surface area contributed by atoms with E-state index in [-0.39, 0.29) is 5.92 Å². The van der Waals surface area contributed by atoms with Crippen LogP contribution in [0.2, 0.25) is 5.02 Å². The molecule has 0 saturated carbocycles. The molecule has 2 unspecified atom stereocenters. The van der Waals surface area contributed by atoms with Gasteiger partial charge in [0.05, 0.1) is 45.4 Å². The molecule has 1 N–H and O–H groups in total. The van der Waals surface area contributed by atoms with Gasteiger partial charge in [0.25, 0.3) is 0 Å². The SMILES string of the molecule is CCN(CC)CCCC(C)Nc1ccnc2cc(Cl)ccc12.COc1ccc(CCN(C)CCCC(C#N)(c2ccc(OC)c(OC)c2)C(C)C)cc1OC. The lowest BCUT2D eigenvalue weighted by Gasteiger charge is -2.32. The first kappa shape index (κ1) is 45.2. The van der Waals surface area contributed by atoms with Crippen molar-refractivity contribution < 1.29 is 18.9 Å². The van der Waals surface area contributed by atoms with Gasteiger partial charge in [-0.3, -0.25) is 4.98 Å². The number of hydrogen-bond acceptors (Lipinski definition) is 9. The maximum atomic E-state index is 10.2. The lowest BCUT2D eigenvalue weighted by atomic mass is 9.69. The molecule has 0 aliphatic rings. The molecule has 1 heterocycles. The summed E-state index contributed by atoms with van der Waals surface area (Å²) < 4.78 is 21.6. The largest absolute Gasteiger partial charge is 0.493 e. The normalized spacial score (nSPS) is 12.8. The number of methoxy groups -OCH3 is 4. The third kappa shape index (κ3) is 12.9. The van der Waals surface area contributed by atoms with Crippen molar-refractivity contribution >= 4 is 28.2 Å². The summed E-state index contributed by atoms with van der Waals surface area (Å²) in [6.07, 6.45) is 6.82. The van der Waals surface area contributed by atoms with Crippen LogP contribution in [0.15, 0.2) is 66.9 Å². The molecular formula is C45H64ClN5O4. The smallest absolute Gasteiger partial charge is 0.161 e. The van der Waals surface area contributed by atoms with Gasteiger partial charge >= 0.3 is 0 Å². The van der Waals surface area contributed by atoms with Crippen molar-refractivity contribution in [2.45, 2.75) is 78.2 Å². The average Bonchev–Trinajstić information content (AvgIpc) is 3.20. The molecule has 4 rings (SSSR count). The second-order valence-electron chi connectivity index (χ2n) is 14.4. The van der Waals surface area contributed by atoms with Gasteiger partial charge in [-0.2, -0.15) is 5.26 Å². The lowest BCUT2D eigenvalue weighted by Crippen LogP contribution is -2.32. The number of halogens is 1. The summed E-state index contributed by atoms with van der Waals surface area (Å²) in [4.78, 5) is 9.17. The van der Waals surface area contributed by atoms with Crippen molar-refractivity contribution in [1.82, 2.24) is 14.8 Å². The van der Waals surface area contributed by atoms with Crippen LogP contribution in [0.1, 0.15) is 71.4 Å². The van der Waals surface area contributed by atoms with Gasteiger partial charge in [-0.1, -0.05) is 51.4 Å². The Hall–Kier alpha value is -4.23. The fraction of sp³-hybridized carbons (Fsp3) is 0.511. The van der Waals surface area contributed by atoms with Crippen LogP contribution in [-0.2, 0) is 11.8 Å². The van der Waals surface area contributed by atoms with Gasteiger partial charge in [0.15, 0.2) is 23.0 Å². The minimum atomic E-state index is -0.580. The van der Waals surface area contributed by atoms with E-state index in [1.54, 1.807) is 28.4 Å². The molecule has 9 nitrogen and oxygen atoms in total. The zero-order chi connectivity index (χ0) is 40.4. The molecule has 0 saturated heterocycles. The van der Waals surface area contributed by atoms with Crippen LogP contribution in [0.25, 0.3) is 10.9 Å². The summed E-state index contributed by atoms with van der Waals surface area (Å²) in [5.74, 6) is 2.99. The summed E-state index contributed by atoms with van der Waals surface area (Å²) >= 11 is 6.04. The van der Waals surface area contributed by atoms with Gasteiger partial charge in [0, 0.05) is 34.9 Å². The van der Waals surface area contributed by atoms with E-state index < -0.39 is 5.41 Å². The number of benzene rings is 3. The maximum absolute atomic E-state index is 10.2. The molecule has 55 heavy (non-hydrogen) atoms. The second-order valence-corrected chi connectivity index (χ2v) is 14.8. The Balaban J connectivity index is 0.000000320.